The van der Waals surface area contributed by atoms with Gasteiger partial charge in [0.25, 0.3) is 0 Å². The van der Waals surface area contributed by atoms with E-state index in [1.165, 1.54) is 69.3 Å². The van der Waals surface area contributed by atoms with Crippen LogP contribution in [0.1, 0.15) is 112 Å². The molecule has 1 N–H and O–H groups in total. The van der Waals surface area contributed by atoms with E-state index in [1.807, 2.05) is 27.0 Å². The summed E-state index contributed by atoms with van der Waals surface area (Å²) in [4.78, 5) is 0. The maximum atomic E-state index is 4.32. The Hall–Kier alpha value is -2.64. The molecule has 0 radical (unpaired) electrons. The first-order chi connectivity index (χ1) is 18.4. The lowest BCUT2D eigenvalue weighted by atomic mass is 9.77. The van der Waals surface area contributed by atoms with Crippen LogP contribution in [0.3, 0.4) is 0 Å². The predicted molar refractivity (Wildman–Crippen MR) is 179 cm³/mol. The Bertz CT molecular complexity index is 1140. The zero-order valence-corrected chi connectivity index (χ0v) is 27.2. The lowest BCUT2D eigenvalue weighted by molar-refractivity contribution is 0.411. The molecule has 1 saturated carbocycles. The maximum absolute atomic E-state index is 4.32. The number of allylic oxidation sites excluding steroid dienone is 4. The van der Waals surface area contributed by atoms with Gasteiger partial charge >= 0.3 is 0 Å². The Morgan fingerprint density at radius 3 is 1.92 bits per heavy atom. The van der Waals surface area contributed by atoms with Gasteiger partial charge in [-0.2, -0.15) is 0 Å². The fraction of sp³-hybridized carbons (Fsp3) is 0.474. The van der Waals surface area contributed by atoms with Gasteiger partial charge in [0.05, 0.1) is 0 Å². The molecule has 2 aromatic rings. The van der Waals surface area contributed by atoms with E-state index in [0.717, 1.165) is 18.4 Å². The molecular formula is C38H57N. The topological polar surface area (TPSA) is 12.0 Å². The molecule has 0 saturated heterocycles. The second-order valence-electron chi connectivity index (χ2n) is 11.5. The Kier molecular flexibility index (Phi) is 13.4. The zero-order chi connectivity index (χ0) is 30.0. The predicted octanol–water partition coefficient (Wildman–Crippen LogP) is 10.7. The van der Waals surface area contributed by atoms with E-state index >= 15 is 0 Å². The molecule has 0 bridgehead atoms. The van der Waals surface area contributed by atoms with E-state index in [1.54, 1.807) is 0 Å². The summed E-state index contributed by atoms with van der Waals surface area (Å²) < 4.78 is 0. The fourth-order valence-corrected chi connectivity index (χ4v) is 4.95. The van der Waals surface area contributed by atoms with Crippen LogP contribution in [0.15, 0.2) is 61.7 Å². The minimum atomic E-state index is 0.107. The second kappa shape index (κ2) is 15.2. The zero-order valence-electron chi connectivity index (χ0n) is 27.2. The quantitative estimate of drug-likeness (QED) is 0.239. The van der Waals surface area contributed by atoms with Crippen LogP contribution in [0.2, 0.25) is 0 Å². The molecule has 0 aliphatic heterocycles. The minimum Gasteiger partial charge on any atom is -0.315 e. The molecule has 1 nitrogen and oxygen atoms in total. The van der Waals surface area contributed by atoms with Gasteiger partial charge in [0, 0.05) is 11.0 Å². The largest absolute Gasteiger partial charge is 0.315 e. The maximum Gasteiger partial charge on any atom is 0.0139 e. The third kappa shape index (κ3) is 8.67. The lowest BCUT2D eigenvalue weighted by Crippen LogP contribution is -2.34. The SMILES string of the molecule is C=C/C(=C\c1c(C)c(C)c(C(=C)C)c(CC)c1C1(C=C)CC1)Cc1ccc(C)cc1.CC.CCC(C)(C)NC. The average molecular weight is 528 g/mol. The second-order valence-corrected chi connectivity index (χ2v) is 11.5. The van der Waals surface area contributed by atoms with Crippen molar-refractivity contribution in [3.8, 4) is 0 Å². The van der Waals surface area contributed by atoms with Gasteiger partial charge in [0.1, 0.15) is 0 Å². The van der Waals surface area contributed by atoms with E-state index in [9.17, 15) is 0 Å². The molecule has 1 heteroatoms. The van der Waals surface area contributed by atoms with Crippen LogP contribution < -0.4 is 5.32 Å². The van der Waals surface area contributed by atoms with Crippen LogP contribution in [0.25, 0.3) is 11.6 Å². The molecule has 0 heterocycles. The number of hydrogen-bond acceptors (Lipinski definition) is 1. The first kappa shape index (κ1) is 34.4. The fourth-order valence-electron chi connectivity index (χ4n) is 4.95. The van der Waals surface area contributed by atoms with Gasteiger partial charge in [-0.1, -0.05) is 94.5 Å². The molecule has 1 aliphatic carbocycles. The molecule has 1 fully saturated rings. The van der Waals surface area contributed by atoms with Crippen molar-refractivity contribution in [1.29, 1.82) is 0 Å². The van der Waals surface area contributed by atoms with Crippen molar-refractivity contribution >= 4 is 11.6 Å². The number of aryl methyl sites for hydroxylation is 1. The highest BCUT2D eigenvalue weighted by Crippen LogP contribution is 2.54. The molecule has 0 aromatic heterocycles. The Labute approximate surface area is 242 Å². The molecule has 1 aliphatic rings. The standard InChI is InChI=1S/C30H36.C6H15N.C2H6/c1-9-24(18-25-14-12-21(6)13-15-25)19-27-22(7)23(8)28(20(4)5)26(10-2)29(27)30(11-3)16-17-30;1-5-6(2,3)7-4;1-2/h9,11-15,19H,1,3-4,10,16-18H2,2,5-8H3;7H,5H2,1-4H3;1-2H3/b24-19+;;. The van der Waals surface area contributed by atoms with Crippen LogP contribution in [0.5, 0.6) is 0 Å². The highest BCUT2D eigenvalue weighted by molar-refractivity contribution is 5.78. The monoisotopic (exact) mass is 527 g/mol. The lowest BCUT2D eigenvalue weighted by Gasteiger charge is -2.27. The molecule has 0 amide bonds. The van der Waals surface area contributed by atoms with E-state index < -0.39 is 0 Å². The van der Waals surface area contributed by atoms with Crippen molar-refractivity contribution < 1.29 is 0 Å². The molecule has 214 valence electrons. The summed E-state index contributed by atoms with van der Waals surface area (Å²) in [5, 5.41) is 3.19. The smallest absolute Gasteiger partial charge is 0.0139 e. The van der Waals surface area contributed by atoms with Crippen molar-refractivity contribution in [3.63, 3.8) is 0 Å². The summed E-state index contributed by atoms with van der Waals surface area (Å²) in [6, 6.07) is 8.81. The summed E-state index contributed by atoms with van der Waals surface area (Å²) >= 11 is 0. The summed E-state index contributed by atoms with van der Waals surface area (Å²) in [7, 11) is 1.99. The van der Waals surface area contributed by atoms with Crippen molar-refractivity contribution in [2.45, 2.75) is 112 Å². The molecule has 2 aromatic carbocycles. The third-order valence-corrected chi connectivity index (χ3v) is 8.35. The van der Waals surface area contributed by atoms with Crippen LogP contribution in [0, 0.1) is 20.8 Å². The van der Waals surface area contributed by atoms with Crippen LogP contribution in [-0.4, -0.2) is 12.6 Å². The first-order valence-corrected chi connectivity index (χ1v) is 14.9. The summed E-state index contributed by atoms with van der Waals surface area (Å²) in [5.41, 5.74) is 13.8. The van der Waals surface area contributed by atoms with Crippen LogP contribution in [0.4, 0.5) is 0 Å². The number of rotatable bonds is 10. The van der Waals surface area contributed by atoms with Gasteiger partial charge in [-0.15, -0.1) is 6.58 Å². The van der Waals surface area contributed by atoms with Crippen LogP contribution in [-0.2, 0) is 18.3 Å². The summed E-state index contributed by atoms with van der Waals surface area (Å²) in [6.07, 6.45) is 12.0. The van der Waals surface area contributed by atoms with Gasteiger partial charge in [-0.05, 0) is 125 Å². The van der Waals surface area contributed by atoms with Crippen molar-refractivity contribution in [2.24, 2.45) is 0 Å². The Morgan fingerprint density at radius 2 is 1.56 bits per heavy atom. The normalized spacial score (nSPS) is 13.9. The van der Waals surface area contributed by atoms with E-state index in [2.05, 4.69) is 117 Å². The molecule has 0 spiro atoms. The minimum absolute atomic E-state index is 0.107. The first-order valence-electron chi connectivity index (χ1n) is 14.9. The van der Waals surface area contributed by atoms with Gasteiger partial charge < -0.3 is 5.32 Å². The van der Waals surface area contributed by atoms with Crippen molar-refractivity contribution in [2.75, 3.05) is 7.05 Å². The Balaban J connectivity index is 0.000000735. The number of benzene rings is 2. The van der Waals surface area contributed by atoms with Gasteiger partial charge in [0.2, 0.25) is 0 Å². The van der Waals surface area contributed by atoms with Crippen molar-refractivity contribution in [3.05, 3.63) is 106 Å². The molecular weight excluding hydrogens is 470 g/mol. The van der Waals surface area contributed by atoms with E-state index in [0.29, 0.717) is 5.54 Å². The van der Waals surface area contributed by atoms with Gasteiger partial charge in [-0.25, -0.2) is 0 Å². The van der Waals surface area contributed by atoms with E-state index in [4.69, 9.17) is 0 Å². The van der Waals surface area contributed by atoms with E-state index in [-0.39, 0.29) is 5.41 Å². The summed E-state index contributed by atoms with van der Waals surface area (Å²) in [5.74, 6) is 0. The number of nitrogens with one attached hydrogen (secondary N) is 1. The molecule has 0 unspecified atom stereocenters. The highest BCUT2D eigenvalue weighted by Gasteiger charge is 2.44. The summed E-state index contributed by atoms with van der Waals surface area (Å²) in [6.45, 7) is 34.3. The average Bonchev–Trinajstić information content (AvgIpc) is 3.73. The molecule has 39 heavy (non-hydrogen) atoms. The third-order valence-electron chi connectivity index (χ3n) is 8.35. The number of hydrogen-bond donors (Lipinski definition) is 1. The molecule has 3 rings (SSSR count). The van der Waals surface area contributed by atoms with Gasteiger partial charge in [-0.3, -0.25) is 0 Å². The Morgan fingerprint density at radius 1 is 1.00 bits per heavy atom. The van der Waals surface area contributed by atoms with Crippen molar-refractivity contribution in [1.82, 2.24) is 5.32 Å². The highest BCUT2D eigenvalue weighted by atomic mass is 14.9. The molecule has 0 atom stereocenters. The van der Waals surface area contributed by atoms with Crippen LogP contribution >= 0.6 is 0 Å². The van der Waals surface area contributed by atoms with Gasteiger partial charge in [0.15, 0.2) is 0 Å².